The fourth-order valence-electron chi connectivity index (χ4n) is 2.65. The molecule has 1 amide bonds. The first-order valence-electron chi connectivity index (χ1n) is 7.86. The van der Waals surface area contributed by atoms with E-state index in [2.05, 4.69) is 10.7 Å². The number of benzene rings is 2. The van der Waals surface area contributed by atoms with Gasteiger partial charge in [0, 0.05) is 11.3 Å². The minimum absolute atomic E-state index is 0.158. The van der Waals surface area contributed by atoms with E-state index in [1.807, 2.05) is 31.2 Å². The molecule has 1 fully saturated rings. The number of hydrogen-bond donors (Lipinski definition) is 3. The average Bonchev–Trinajstić information content (AvgIpc) is 2.97. The largest absolute Gasteiger partial charge is 0.478 e. The monoisotopic (exact) mass is 387 g/mol. The van der Waals surface area contributed by atoms with Crippen molar-refractivity contribution in [1.82, 2.24) is 10.4 Å². The van der Waals surface area contributed by atoms with E-state index in [1.165, 1.54) is 22.8 Å². The third kappa shape index (κ3) is 3.81. The molecule has 1 aliphatic heterocycles. The molecule has 0 saturated carbocycles. The normalized spacial score (nSPS) is 16.4. The summed E-state index contributed by atoms with van der Waals surface area (Å²) >= 11 is 6.69. The van der Waals surface area contributed by atoms with Gasteiger partial charge in [-0.15, -0.1) is 11.8 Å². The number of aryl methyl sites for hydroxylation is 1. The van der Waals surface area contributed by atoms with E-state index in [9.17, 15) is 14.7 Å². The number of anilines is 1. The molecule has 2 aromatic rings. The molecule has 0 unspecified atom stereocenters. The van der Waals surface area contributed by atoms with Crippen molar-refractivity contribution in [2.75, 3.05) is 11.1 Å². The highest BCUT2D eigenvalue weighted by Gasteiger charge is 2.35. The van der Waals surface area contributed by atoms with Crippen molar-refractivity contribution < 1.29 is 14.7 Å². The third-order valence-corrected chi connectivity index (χ3v) is 5.33. The number of carboxylic acids is 1. The van der Waals surface area contributed by atoms with Gasteiger partial charge in [0.2, 0.25) is 0 Å². The lowest BCUT2D eigenvalue weighted by molar-refractivity contribution is -0.129. The molecular weight excluding hydrogens is 370 g/mol. The van der Waals surface area contributed by atoms with Crippen molar-refractivity contribution in [3.8, 4) is 0 Å². The van der Waals surface area contributed by atoms with Crippen LogP contribution in [0.2, 0.25) is 0 Å². The Balaban J connectivity index is 1.80. The molecule has 6 nitrogen and oxygen atoms in total. The van der Waals surface area contributed by atoms with Gasteiger partial charge in [-0.05, 0) is 36.8 Å². The van der Waals surface area contributed by atoms with Crippen LogP contribution in [0.25, 0.3) is 0 Å². The minimum atomic E-state index is -1.03. The van der Waals surface area contributed by atoms with E-state index in [0.717, 1.165) is 11.3 Å². The molecule has 134 valence electrons. The lowest BCUT2D eigenvalue weighted by Crippen LogP contribution is -2.46. The van der Waals surface area contributed by atoms with E-state index in [1.54, 1.807) is 18.2 Å². The summed E-state index contributed by atoms with van der Waals surface area (Å²) in [5.41, 5.74) is 5.50. The van der Waals surface area contributed by atoms with Gasteiger partial charge in [0.1, 0.15) is 5.37 Å². The fourth-order valence-corrected chi connectivity index (χ4v) is 4.01. The number of carboxylic acid groups (broad SMARTS) is 1. The van der Waals surface area contributed by atoms with Crippen LogP contribution in [0.4, 0.5) is 5.69 Å². The predicted molar refractivity (Wildman–Crippen MR) is 106 cm³/mol. The van der Waals surface area contributed by atoms with Crippen molar-refractivity contribution in [3.05, 3.63) is 65.2 Å². The van der Waals surface area contributed by atoms with Gasteiger partial charge in [-0.1, -0.05) is 36.4 Å². The molecule has 1 aliphatic rings. The maximum Gasteiger partial charge on any atom is 0.336 e. The van der Waals surface area contributed by atoms with Crippen LogP contribution >= 0.6 is 24.0 Å². The summed E-state index contributed by atoms with van der Waals surface area (Å²) in [6.45, 7) is 1.95. The Morgan fingerprint density at radius 3 is 2.65 bits per heavy atom. The number of carbonyl (C=O) groups is 2. The molecule has 0 bridgehead atoms. The average molecular weight is 387 g/mol. The molecule has 3 rings (SSSR count). The number of hydrazine groups is 1. The minimum Gasteiger partial charge on any atom is -0.478 e. The molecule has 2 aromatic carbocycles. The standard InChI is InChI=1S/C18H17N3O3S2/c1-11-6-2-5-9-14(11)19-18(25)20-21-15(22)10-26-16(21)12-7-3-4-8-13(12)17(23)24/h2-9,16H,10H2,1H3,(H,23,24)(H2,19,20,25)/t16-/m0/s1. The van der Waals surface area contributed by atoms with E-state index < -0.39 is 11.3 Å². The predicted octanol–water partition coefficient (Wildman–Crippen LogP) is 3.17. The second kappa shape index (κ2) is 7.76. The lowest BCUT2D eigenvalue weighted by atomic mass is 10.1. The van der Waals surface area contributed by atoms with E-state index >= 15 is 0 Å². The number of nitrogens with one attached hydrogen (secondary N) is 2. The first-order chi connectivity index (χ1) is 12.5. The number of para-hydroxylation sites is 1. The van der Waals surface area contributed by atoms with Crippen molar-refractivity contribution in [3.63, 3.8) is 0 Å². The summed E-state index contributed by atoms with van der Waals surface area (Å²) in [6.07, 6.45) is 0. The Bertz CT molecular complexity index is 872. The molecule has 0 spiro atoms. The SMILES string of the molecule is Cc1ccccc1NC(=S)NN1C(=O)CS[C@H]1c1ccccc1C(=O)O. The fraction of sp³-hybridized carbons (Fsp3) is 0.167. The second-order valence-electron chi connectivity index (χ2n) is 5.70. The first-order valence-corrected chi connectivity index (χ1v) is 9.32. The maximum atomic E-state index is 12.3. The topological polar surface area (TPSA) is 81.7 Å². The van der Waals surface area contributed by atoms with Crippen LogP contribution in [0, 0.1) is 6.92 Å². The Labute approximate surface area is 160 Å². The molecule has 1 atom stereocenters. The van der Waals surface area contributed by atoms with Crippen molar-refractivity contribution in [2.24, 2.45) is 0 Å². The Morgan fingerprint density at radius 1 is 1.23 bits per heavy atom. The molecule has 0 aliphatic carbocycles. The van der Waals surface area contributed by atoms with Gasteiger partial charge in [-0.2, -0.15) is 0 Å². The highest BCUT2D eigenvalue weighted by Crippen LogP contribution is 2.38. The van der Waals surface area contributed by atoms with Crippen LogP contribution in [0.15, 0.2) is 48.5 Å². The Hall–Kier alpha value is -2.58. The number of amides is 1. The summed E-state index contributed by atoms with van der Waals surface area (Å²) in [6, 6.07) is 14.3. The third-order valence-electron chi connectivity index (χ3n) is 3.94. The van der Waals surface area contributed by atoms with Crippen molar-refractivity contribution >= 4 is 46.7 Å². The van der Waals surface area contributed by atoms with Gasteiger partial charge in [0.05, 0.1) is 11.3 Å². The summed E-state index contributed by atoms with van der Waals surface area (Å²) in [5.74, 6) is -0.936. The summed E-state index contributed by atoms with van der Waals surface area (Å²) < 4.78 is 0. The van der Waals surface area contributed by atoms with E-state index in [-0.39, 0.29) is 22.3 Å². The van der Waals surface area contributed by atoms with E-state index in [4.69, 9.17) is 12.2 Å². The van der Waals surface area contributed by atoms with Crippen LogP contribution in [0.3, 0.4) is 0 Å². The molecule has 8 heteroatoms. The number of thioether (sulfide) groups is 1. The molecule has 26 heavy (non-hydrogen) atoms. The highest BCUT2D eigenvalue weighted by atomic mass is 32.2. The van der Waals surface area contributed by atoms with Gasteiger partial charge < -0.3 is 10.4 Å². The van der Waals surface area contributed by atoms with Crippen molar-refractivity contribution in [2.45, 2.75) is 12.3 Å². The summed E-state index contributed by atoms with van der Waals surface area (Å²) in [4.78, 5) is 23.8. The molecular formula is C18H17N3O3S2. The van der Waals surface area contributed by atoms with Crippen LogP contribution in [0.1, 0.15) is 26.9 Å². The van der Waals surface area contributed by atoms with Gasteiger partial charge >= 0.3 is 5.97 Å². The lowest BCUT2D eigenvalue weighted by Gasteiger charge is -2.27. The maximum absolute atomic E-state index is 12.3. The second-order valence-corrected chi connectivity index (χ2v) is 7.18. The van der Waals surface area contributed by atoms with Gasteiger partial charge in [0.25, 0.3) is 5.91 Å². The Kier molecular flexibility index (Phi) is 5.43. The molecule has 0 aromatic heterocycles. The number of thiocarbonyl (C=S) groups is 1. The number of carbonyl (C=O) groups excluding carboxylic acids is 1. The molecule has 1 heterocycles. The quantitative estimate of drug-likeness (QED) is 0.695. The molecule has 0 radical (unpaired) electrons. The number of nitrogens with zero attached hydrogens (tertiary/aromatic N) is 1. The zero-order valence-corrected chi connectivity index (χ0v) is 15.6. The van der Waals surface area contributed by atoms with Crippen LogP contribution in [-0.4, -0.2) is 32.9 Å². The number of rotatable bonds is 4. The Morgan fingerprint density at radius 2 is 1.92 bits per heavy atom. The van der Waals surface area contributed by atoms with Gasteiger partial charge in [-0.3, -0.25) is 10.2 Å². The van der Waals surface area contributed by atoms with E-state index in [0.29, 0.717) is 5.56 Å². The number of aromatic carboxylic acids is 1. The molecule has 3 N–H and O–H groups in total. The zero-order valence-electron chi connectivity index (χ0n) is 13.9. The van der Waals surface area contributed by atoms with Gasteiger partial charge in [-0.25, -0.2) is 9.80 Å². The summed E-state index contributed by atoms with van der Waals surface area (Å²) in [7, 11) is 0. The van der Waals surface area contributed by atoms with Crippen molar-refractivity contribution in [1.29, 1.82) is 0 Å². The van der Waals surface area contributed by atoms with Crippen LogP contribution < -0.4 is 10.7 Å². The van der Waals surface area contributed by atoms with Crippen LogP contribution in [-0.2, 0) is 4.79 Å². The summed E-state index contributed by atoms with van der Waals surface area (Å²) in [5, 5.41) is 13.7. The zero-order chi connectivity index (χ0) is 18.7. The number of hydrogen-bond acceptors (Lipinski definition) is 4. The smallest absolute Gasteiger partial charge is 0.336 e. The molecule has 1 saturated heterocycles. The highest BCUT2D eigenvalue weighted by molar-refractivity contribution is 8.00. The van der Waals surface area contributed by atoms with Crippen LogP contribution in [0.5, 0.6) is 0 Å². The van der Waals surface area contributed by atoms with Gasteiger partial charge in [0.15, 0.2) is 5.11 Å². The first kappa shape index (κ1) is 18.2.